The molecule has 1 aromatic carbocycles. The molecule has 3 aromatic heterocycles. The Hall–Kier alpha value is -0.983. The van der Waals surface area contributed by atoms with Crippen LogP contribution in [0.1, 0.15) is 11.1 Å². The molecule has 4 nitrogen and oxygen atoms in total. The summed E-state index contributed by atoms with van der Waals surface area (Å²) >= 11 is 0.160. The van der Waals surface area contributed by atoms with Crippen LogP contribution in [0.25, 0.3) is 31.9 Å². The topological polar surface area (TPSA) is 73.4 Å². The van der Waals surface area contributed by atoms with E-state index in [0.29, 0.717) is 11.1 Å². The van der Waals surface area contributed by atoms with E-state index >= 15 is 0 Å². The van der Waals surface area contributed by atoms with Crippen molar-refractivity contribution < 1.29 is 0 Å². The number of thiophene rings is 2. The zero-order valence-electron chi connectivity index (χ0n) is 18.3. The molecule has 0 atom stereocenters. The zero-order valence-corrected chi connectivity index (χ0v) is 26.5. The average molecular weight is 676 g/mol. The van der Waals surface area contributed by atoms with Gasteiger partial charge in [-0.15, -0.1) is 0 Å². The minimum absolute atomic E-state index is 0.421. The first-order chi connectivity index (χ1) is 14.6. The molecule has 3 heterocycles. The predicted molar refractivity (Wildman–Crippen MR) is 139 cm³/mol. The molecule has 4 rings (SSSR count). The molecule has 0 saturated carbocycles. The van der Waals surface area contributed by atoms with Gasteiger partial charge in [-0.3, -0.25) is 0 Å². The minimum atomic E-state index is -2.25. The Morgan fingerprint density at radius 3 is 1.35 bits per heavy atom. The predicted octanol–water partition coefficient (Wildman–Crippen LogP) is 5.98. The van der Waals surface area contributed by atoms with Gasteiger partial charge in [0.15, 0.2) is 0 Å². The molecule has 0 spiro atoms. The van der Waals surface area contributed by atoms with E-state index in [9.17, 15) is 10.5 Å². The van der Waals surface area contributed by atoms with Crippen LogP contribution in [0.15, 0.2) is 24.3 Å². The van der Waals surface area contributed by atoms with Crippen LogP contribution in [0.5, 0.6) is 0 Å². The molecule has 0 radical (unpaired) electrons. The van der Waals surface area contributed by atoms with Crippen LogP contribution in [0.2, 0.25) is 29.6 Å². The van der Waals surface area contributed by atoms with Crippen molar-refractivity contribution in [3.05, 3.63) is 35.4 Å². The maximum absolute atomic E-state index is 10.1. The second kappa shape index (κ2) is 8.42. The van der Waals surface area contributed by atoms with Crippen molar-refractivity contribution in [3.63, 3.8) is 0 Å². The SMILES string of the molecule is [CH3][Sn]([CH3])([CH3])[c]1ccc(-c2c(C#N)c(C#N)c(-c3cc[c]([Sn]([CH3])([CH3])[CH3])s3)c3nsnc23)s1. The van der Waals surface area contributed by atoms with Gasteiger partial charge in [0.2, 0.25) is 0 Å². The van der Waals surface area contributed by atoms with Gasteiger partial charge in [0.1, 0.15) is 0 Å². The van der Waals surface area contributed by atoms with Crippen molar-refractivity contribution in [2.75, 3.05) is 0 Å². The van der Waals surface area contributed by atoms with Crippen molar-refractivity contribution in [2.45, 2.75) is 29.6 Å². The van der Waals surface area contributed by atoms with Crippen molar-refractivity contribution in [2.24, 2.45) is 0 Å². The molecule has 0 unspecified atom stereocenters. The third-order valence-corrected chi connectivity index (χ3v) is 26.8. The second-order valence-electron chi connectivity index (χ2n) is 9.51. The van der Waals surface area contributed by atoms with Crippen molar-refractivity contribution in [3.8, 4) is 33.0 Å². The van der Waals surface area contributed by atoms with Gasteiger partial charge in [0.05, 0.1) is 0 Å². The first kappa shape index (κ1) is 23.2. The number of fused-ring (bicyclic) bond motifs is 1. The molecule has 0 fully saturated rings. The van der Waals surface area contributed by atoms with E-state index in [1.807, 2.05) is 0 Å². The number of aromatic nitrogens is 2. The van der Waals surface area contributed by atoms with Crippen molar-refractivity contribution in [1.82, 2.24) is 8.75 Å². The third kappa shape index (κ3) is 4.20. The number of rotatable bonds is 4. The van der Waals surface area contributed by atoms with E-state index in [2.05, 4.69) is 74.8 Å². The first-order valence-corrected chi connectivity index (χ1v) is 32.2. The van der Waals surface area contributed by atoms with Crippen molar-refractivity contribution >= 4 is 88.0 Å². The maximum atomic E-state index is 10.1. The van der Waals surface area contributed by atoms with Crippen LogP contribution in [-0.2, 0) is 0 Å². The number of hydrogen-bond donors (Lipinski definition) is 0. The molecule has 0 bridgehead atoms. The van der Waals surface area contributed by atoms with Crippen molar-refractivity contribution in [1.29, 1.82) is 10.5 Å². The van der Waals surface area contributed by atoms with Crippen LogP contribution < -0.4 is 5.79 Å². The Bertz CT molecular complexity index is 1280. The Balaban J connectivity index is 2.05. The van der Waals surface area contributed by atoms with Gasteiger partial charge in [-0.2, -0.15) is 0 Å². The fraction of sp³-hybridized carbons (Fsp3) is 0.273. The molecule has 156 valence electrons. The van der Waals surface area contributed by atoms with E-state index in [0.717, 1.165) is 43.6 Å². The van der Waals surface area contributed by atoms with E-state index in [1.165, 1.54) is 5.79 Å². The van der Waals surface area contributed by atoms with Gasteiger partial charge in [-0.25, -0.2) is 0 Å². The average Bonchev–Trinajstić information content (AvgIpc) is 3.44. The summed E-state index contributed by atoms with van der Waals surface area (Å²) in [5.41, 5.74) is 3.86. The van der Waals surface area contributed by atoms with E-state index < -0.39 is 36.8 Å². The molecule has 0 N–H and O–H groups in total. The Morgan fingerprint density at radius 1 is 0.677 bits per heavy atom. The van der Waals surface area contributed by atoms with Crippen LogP contribution in [-0.4, -0.2) is 45.5 Å². The summed E-state index contributed by atoms with van der Waals surface area (Å²) < 4.78 is 12.1. The monoisotopic (exact) mass is 678 g/mol. The summed E-state index contributed by atoms with van der Waals surface area (Å²) in [7, 11) is 0. The van der Waals surface area contributed by atoms with Crippen LogP contribution in [0.3, 0.4) is 0 Å². The quantitative estimate of drug-likeness (QED) is 0.250. The van der Waals surface area contributed by atoms with Crippen LogP contribution in [0, 0.1) is 22.7 Å². The number of nitriles is 2. The standard InChI is InChI=1S/C16H4N4S3.6CH3.2Sn/c17-7-9-10(8-18)14(12-4-2-6-22-12)16-15(19-23-20-16)13(9)11-3-1-5-21-11;;;;;;;;/h1-4H;6*1H3;;. The van der Waals surface area contributed by atoms with Gasteiger partial charge >= 0.3 is 205 Å². The normalized spacial score (nSPS) is 12.1. The molecule has 4 aromatic rings. The van der Waals surface area contributed by atoms with E-state index in [1.54, 1.807) is 22.7 Å². The molecule has 0 saturated heterocycles. The number of benzene rings is 1. The third-order valence-electron chi connectivity index (χ3n) is 5.12. The fourth-order valence-electron chi connectivity index (χ4n) is 3.46. The van der Waals surface area contributed by atoms with Gasteiger partial charge in [-0.05, 0) is 0 Å². The molecule has 31 heavy (non-hydrogen) atoms. The van der Waals surface area contributed by atoms with Gasteiger partial charge in [0.25, 0.3) is 0 Å². The summed E-state index contributed by atoms with van der Waals surface area (Å²) in [5.74, 6) is 0. The van der Waals surface area contributed by atoms with Gasteiger partial charge in [0, 0.05) is 0 Å². The molecule has 0 aliphatic rings. The molecule has 0 aliphatic carbocycles. The first-order valence-electron chi connectivity index (χ1n) is 9.90. The Kier molecular flexibility index (Phi) is 6.30. The summed E-state index contributed by atoms with van der Waals surface area (Å²) in [5, 5.41) is 20.3. The van der Waals surface area contributed by atoms with E-state index in [4.69, 9.17) is 0 Å². The Labute approximate surface area is 203 Å². The van der Waals surface area contributed by atoms with E-state index in [-0.39, 0.29) is 0 Å². The second-order valence-corrected chi connectivity index (χ2v) is 43.0. The summed E-state index contributed by atoms with van der Waals surface area (Å²) in [4.78, 5) is 16.3. The molecule has 0 amide bonds. The fourth-order valence-corrected chi connectivity index (χ4v) is 16.7. The number of nitrogens with zero attached hydrogens (tertiary/aromatic N) is 4. The van der Waals surface area contributed by atoms with Crippen LogP contribution >= 0.6 is 34.4 Å². The summed E-state index contributed by atoms with van der Waals surface area (Å²) in [6.07, 6.45) is 0. The molecular formula is C22H22N4S3Sn2. The zero-order chi connectivity index (χ0) is 22.6. The molecular weight excluding hydrogens is 654 g/mol. The molecule has 9 heteroatoms. The summed E-state index contributed by atoms with van der Waals surface area (Å²) in [6, 6.07) is 13.3. The van der Waals surface area contributed by atoms with Crippen LogP contribution in [0.4, 0.5) is 0 Å². The molecule has 0 aliphatic heterocycles. The Morgan fingerprint density at radius 2 is 1.06 bits per heavy atom. The number of hydrogen-bond acceptors (Lipinski definition) is 7. The summed E-state index contributed by atoms with van der Waals surface area (Å²) in [6.45, 7) is 0. The van der Waals surface area contributed by atoms with Gasteiger partial charge < -0.3 is 0 Å². The van der Waals surface area contributed by atoms with Gasteiger partial charge in [-0.1, -0.05) is 0 Å².